The van der Waals surface area contributed by atoms with Crippen LogP contribution in [-0.2, 0) is 0 Å². The van der Waals surface area contributed by atoms with Gasteiger partial charge in [0.2, 0.25) is 0 Å². The van der Waals surface area contributed by atoms with E-state index in [9.17, 15) is 4.39 Å². The number of nitrogens with two attached hydrogens (primary N) is 1. The van der Waals surface area contributed by atoms with Crippen molar-refractivity contribution < 1.29 is 4.39 Å². The van der Waals surface area contributed by atoms with Crippen molar-refractivity contribution in [1.82, 2.24) is 4.90 Å². The molecule has 4 heteroatoms. The SMILES string of the molecule is CCC(CSC)N(C)C(c1cccc(F)c1)C(C)N. The number of hydrogen-bond acceptors (Lipinski definition) is 3. The topological polar surface area (TPSA) is 29.3 Å². The smallest absolute Gasteiger partial charge is 0.123 e. The zero-order chi connectivity index (χ0) is 14.4. The number of rotatable bonds is 7. The molecule has 0 heterocycles. The van der Waals surface area contributed by atoms with Gasteiger partial charge in [-0.05, 0) is 44.3 Å². The van der Waals surface area contributed by atoms with Gasteiger partial charge in [-0.15, -0.1) is 0 Å². The third-order valence-corrected chi connectivity index (χ3v) is 4.25. The minimum Gasteiger partial charge on any atom is -0.326 e. The Bertz CT molecular complexity index is 384. The molecule has 1 rings (SSSR count). The molecule has 0 spiro atoms. The molecule has 3 atom stereocenters. The molecule has 0 aliphatic carbocycles. The summed E-state index contributed by atoms with van der Waals surface area (Å²) in [6.45, 7) is 4.17. The van der Waals surface area contributed by atoms with E-state index in [4.69, 9.17) is 5.73 Å². The van der Waals surface area contributed by atoms with Gasteiger partial charge in [-0.1, -0.05) is 19.1 Å². The Morgan fingerprint density at radius 2 is 2.11 bits per heavy atom. The molecular weight excluding hydrogens is 259 g/mol. The molecule has 1 aromatic rings. The Balaban J connectivity index is 3.00. The molecule has 0 aliphatic heterocycles. The quantitative estimate of drug-likeness (QED) is 0.833. The molecule has 0 aliphatic rings. The molecule has 0 saturated carbocycles. The minimum absolute atomic E-state index is 0.0392. The van der Waals surface area contributed by atoms with E-state index < -0.39 is 0 Å². The van der Waals surface area contributed by atoms with Crippen LogP contribution in [0.15, 0.2) is 24.3 Å². The summed E-state index contributed by atoms with van der Waals surface area (Å²) in [5.74, 6) is 0.861. The molecular formula is C15H25FN2S. The average Bonchev–Trinajstić information content (AvgIpc) is 2.35. The molecule has 0 radical (unpaired) electrons. The van der Waals surface area contributed by atoms with Gasteiger partial charge in [-0.2, -0.15) is 11.8 Å². The number of nitrogens with zero attached hydrogens (tertiary/aromatic N) is 1. The third kappa shape index (κ3) is 4.48. The Morgan fingerprint density at radius 1 is 1.42 bits per heavy atom. The number of hydrogen-bond donors (Lipinski definition) is 1. The van der Waals surface area contributed by atoms with E-state index in [2.05, 4.69) is 25.1 Å². The second-order valence-electron chi connectivity index (χ2n) is 5.04. The van der Waals surface area contributed by atoms with Crippen LogP contribution in [0.1, 0.15) is 31.9 Å². The second kappa shape index (κ2) is 7.88. The van der Waals surface area contributed by atoms with Crippen LogP contribution in [0.5, 0.6) is 0 Å². The summed E-state index contributed by atoms with van der Waals surface area (Å²) in [5.41, 5.74) is 7.09. The fourth-order valence-corrected chi connectivity index (χ4v) is 3.40. The van der Waals surface area contributed by atoms with Crippen LogP contribution in [0.4, 0.5) is 4.39 Å². The standard InChI is InChI=1S/C15H25FN2S/c1-5-14(10-19-4)18(3)15(11(2)17)12-7-6-8-13(16)9-12/h6-9,11,14-15H,5,10,17H2,1-4H3. The van der Waals surface area contributed by atoms with Crippen molar-refractivity contribution >= 4 is 11.8 Å². The van der Waals surface area contributed by atoms with Crippen molar-refractivity contribution in [2.24, 2.45) is 5.73 Å². The van der Waals surface area contributed by atoms with Gasteiger partial charge in [0.1, 0.15) is 5.82 Å². The van der Waals surface area contributed by atoms with E-state index in [0.29, 0.717) is 6.04 Å². The lowest BCUT2D eigenvalue weighted by Crippen LogP contribution is -2.43. The monoisotopic (exact) mass is 284 g/mol. The molecule has 1 aromatic carbocycles. The van der Waals surface area contributed by atoms with Crippen LogP contribution < -0.4 is 5.73 Å². The van der Waals surface area contributed by atoms with Gasteiger partial charge < -0.3 is 5.73 Å². The summed E-state index contributed by atoms with van der Waals surface area (Å²) < 4.78 is 13.4. The van der Waals surface area contributed by atoms with E-state index in [1.54, 1.807) is 12.1 Å². The number of halogens is 1. The van der Waals surface area contributed by atoms with Crippen LogP contribution >= 0.6 is 11.8 Å². The molecule has 19 heavy (non-hydrogen) atoms. The van der Waals surface area contributed by atoms with Gasteiger partial charge >= 0.3 is 0 Å². The zero-order valence-electron chi connectivity index (χ0n) is 12.3. The van der Waals surface area contributed by atoms with Crippen molar-refractivity contribution in [2.75, 3.05) is 19.1 Å². The lowest BCUT2D eigenvalue weighted by atomic mass is 9.97. The van der Waals surface area contributed by atoms with Crippen LogP contribution in [0.25, 0.3) is 0 Å². The predicted octanol–water partition coefficient (Wildman–Crippen LogP) is 3.29. The van der Waals surface area contributed by atoms with Gasteiger partial charge in [0.15, 0.2) is 0 Å². The summed E-state index contributed by atoms with van der Waals surface area (Å²) in [4.78, 5) is 2.29. The van der Waals surface area contributed by atoms with E-state index in [-0.39, 0.29) is 17.9 Å². The van der Waals surface area contributed by atoms with Crippen LogP contribution in [0.2, 0.25) is 0 Å². The molecule has 0 saturated heterocycles. The summed E-state index contributed by atoms with van der Waals surface area (Å²) in [6, 6.07) is 7.24. The zero-order valence-corrected chi connectivity index (χ0v) is 13.1. The number of likely N-dealkylation sites (N-methyl/N-ethyl adjacent to an activating group) is 1. The van der Waals surface area contributed by atoms with Crippen molar-refractivity contribution in [1.29, 1.82) is 0 Å². The summed E-state index contributed by atoms with van der Waals surface area (Å²) in [6.07, 6.45) is 3.18. The molecule has 2 nitrogen and oxygen atoms in total. The third-order valence-electron chi connectivity index (χ3n) is 3.53. The van der Waals surface area contributed by atoms with Crippen LogP contribution in [0.3, 0.4) is 0 Å². The van der Waals surface area contributed by atoms with E-state index >= 15 is 0 Å². The van der Waals surface area contributed by atoms with E-state index in [1.165, 1.54) is 6.07 Å². The Morgan fingerprint density at radius 3 is 2.58 bits per heavy atom. The molecule has 3 unspecified atom stereocenters. The first-order chi connectivity index (χ1) is 9.01. The highest BCUT2D eigenvalue weighted by atomic mass is 32.2. The first kappa shape index (κ1) is 16.5. The first-order valence-electron chi connectivity index (χ1n) is 6.73. The van der Waals surface area contributed by atoms with Gasteiger partial charge in [-0.25, -0.2) is 4.39 Å². The number of benzene rings is 1. The fourth-order valence-electron chi connectivity index (χ4n) is 2.54. The average molecular weight is 284 g/mol. The summed E-state index contributed by atoms with van der Waals surface area (Å²) >= 11 is 1.83. The fraction of sp³-hybridized carbons (Fsp3) is 0.600. The van der Waals surface area contributed by atoms with Crippen molar-refractivity contribution in [2.45, 2.75) is 38.4 Å². The lowest BCUT2D eigenvalue weighted by molar-refractivity contribution is 0.164. The molecule has 108 valence electrons. The molecule has 0 bridgehead atoms. The van der Waals surface area contributed by atoms with Crippen molar-refractivity contribution in [3.8, 4) is 0 Å². The van der Waals surface area contributed by atoms with E-state index in [1.807, 2.05) is 24.8 Å². The predicted molar refractivity (Wildman–Crippen MR) is 83.0 cm³/mol. The second-order valence-corrected chi connectivity index (χ2v) is 5.95. The highest BCUT2D eigenvalue weighted by molar-refractivity contribution is 7.98. The molecule has 0 amide bonds. The Hall–Kier alpha value is -0.580. The molecule has 0 aromatic heterocycles. The summed E-state index contributed by atoms with van der Waals surface area (Å²) in [5, 5.41) is 0. The highest BCUT2D eigenvalue weighted by Gasteiger charge is 2.26. The normalized spacial score (nSPS) is 16.4. The maximum atomic E-state index is 13.4. The van der Waals surface area contributed by atoms with Gasteiger partial charge in [0.25, 0.3) is 0 Å². The van der Waals surface area contributed by atoms with Gasteiger partial charge in [0.05, 0.1) is 0 Å². The maximum Gasteiger partial charge on any atom is 0.123 e. The maximum absolute atomic E-state index is 13.4. The van der Waals surface area contributed by atoms with Crippen LogP contribution in [-0.4, -0.2) is 36.0 Å². The lowest BCUT2D eigenvalue weighted by Gasteiger charge is -2.37. The minimum atomic E-state index is -0.200. The Kier molecular flexibility index (Phi) is 6.83. The van der Waals surface area contributed by atoms with Crippen LogP contribution in [0, 0.1) is 5.82 Å². The largest absolute Gasteiger partial charge is 0.326 e. The van der Waals surface area contributed by atoms with Gasteiger partial charge in [-0.3, -0.25) is 4.90 Å². The Labute approximate surface area is 120 Å². The first-order valence-corrected chi connectivity index (χ1v) is 8.12. The van der Waals surface area contributed by atoms with Crippen molar-refractivity contribution in [3.05, 3.63) is 35.6 Å². The summed E-state index contributed by atoms with van der Waals surface area (Å²) in [7, 11) is 2.09. The van der Waals surface area contributed by atoms with E-state index in [0.717, 1.165) is 17.7 Å². The molecule has 0 fully saturated rings. The molecule has 2 N–H and O–H groups in total. The van der Waals surface area contributed by atoms with Gasteiger partial charge in [0, 0.05) is 23.9 Å². The highest BCUT2D eigenvalue weighted by Crippen LogP contribution is 2.26. The number of thioether (sulfide) groups is 1. The van der Waals surface area contributed by atoms with Crippen molar-refractivity contribution in [3.63, 3.8) is 0 Å².